The standard InChI is InChI=1S/C23H27FN4O2/c1-27-15-17(22(29)26-19-7-5-18(24)6-8-19)14-21(27)16-9-12-28(13-10-16)23(30)20-4-2-3-11-25-20/h2-8,11,16-17,21H,9-10,12-15H2,1H3,(H,26,29)/t17-,21-/m1/s1. The highest BCUT2D eigenvalue weighted by molar-refractivity contribution is 5.93. The summed E-state index contributed by atoms with van der Waals surface area (Å²) in [6.07, 6.45) is 4.31. The van der Waals surface area contributed by atoms with Gasteiger partial charge in [-0.1, -0.05) is 6.07 Å². The topological polar surface area (TPSA) is 65.5 Å². The molecule has 4 rings (SSSR count). The Morgan fingerprint density at radius 2 is 1.83 bits per heavy atom. The van der Waals surface area contributed by atoms with Crippen molar-refractivity contribution in [2.75, 3.05) is 32.0 Å². The van der Waals surface area contributed by atoms with Crippen molar-refractivity contribution in [3.63, 3.8) is 0 Å². The second-order valence-electron chi connectivity index (χ2n) is 8.28. The van der Waals surface area contributed by atoms with Gasteiger partial charge in [0.05, 0.1) is 5.92 Å². The summed E-state index contributed by atoms with van der Waals surface area (Å²) in [6, 6.07) is 11.6. The monoisotopic (exact) mass is 410 g/mol. The first-order valence-electron chi connectivity index (χ1n) is 10.5. The summed E-state index contributed by atoms with van der Waals surface area (Å²) in [7, 11) is 2.07. The molecule has 1 aromatic carbocycles. The molecule has 2 amide bonds. The average Bonchev–Trinajstić information content (AvgIpc) is 3.17. The van der Waals surface area contributed by atoms with Gasteiger partial charge in [0.15, 0.2) is 0 Å². The van der Waals surface area contributed by atoms with Gasteiger partial charge in [-0.3, -0.25) is 14.6 Å². The lowest BCUT2D eigenvalue weighted by atomic mass is 9.86. The number of hydrogen-bond acceptors (Lipinski definition) is 4. The Morgan fingerprint density at radius 3 is 2.50 bits per heavy atom. The first kappa shape index (κ1) is 20.5. The molecule has 158 valence electrons. The Kier molecular flexibility index (Phi) is 6.08. The number of amides is 2. The fourth-order valence-corrected chi connectivity index (χ4v) is 4.69. The van der Waals surface area contributed by atoms with E-state index < -0.39 is 0 Å². The van der Waals surface area contributed by atoms with E-state index in [9.17, 15) is 14.0 Å². The molecule has 0 saturated carbocycles. The Labute approximate surface area is 176 Å². The van der Waals surface area contributed by atoms with Gasteiger partial charge in [0.25, 0.3) is 5.91 Å². The Hall–Kier alpha value is -2.80. The van der Waals surface area contributed by atoms with Crippen LogP contribution >= 0.6 is 0 Å². The summed E-state index contributed by atoms with van der Waals surface area (Å²) in [4.78, 5) is 33.6. The smallest absolute Gasteiger partial charge is 0.272 e. The van der Waals surface area contributed by atoms with E-state index in [0.717, 1.165) is 32.4 Å². The van der Waals surface area contributed by atoms with Gasteiger partial charge in [-0.25, -0.2) is 4.39 Å². The van der Waals surface area contributed by atoms with Crippen LogP contribution < -0.4 is 5.32 Å². The molecular formula is C23H27FN4O2. The number of hydrogen-bond donors (Lipinski definition) is 1. The summed E-state index contributed by atoms with van der Waals surface area (Å²) in [5, 5.41) is 2.90. The number of nitrogens with one attached hydrogen (secondary N) is 1. The van der Waals surface area contributed by atoms with Crippen molar-refractivity contribution in [3.8, 4) is 0 Å². The van der Waals surface area contributed by atoms with E-state index in [-0.39, 0.29) is 23.5 Å². The van der Waals surface area contributed by atoms with Crippen molar-refractivity contribution < 1.29 is 14.0 Å². The highest BCUT2D eigenvalue weighted by Crippen LogP contribution is 2.33. The summed E-state index contributed by atoms with van der Waals surface area (Å²) < 4.78 is 13.1. The highest BCUT2D eigenvalue weighted by atomic mass is 19.1. The minimum atomic E-state index is -0.318. The second kappa shape index (κ2) is 8.92. The van der Waals surface area contributed by atoms with E-state index in [4.69, 9.17) is 0 Å². The van der Waals surface area contributed by atoms with Gasteiger partial charge in [-0.05, 0) is 68.6 Å². The number of benzene rings is 1. The number of carbonyl (C=O) groups is 2. The maximum absolute atomic E-state index is 13.1. The molecule has 1 aromatic heterocycles. The normalized spacial score (nSPS) is 22.8. The summed E-state index contributed by atoms with van der Waals surface area (Å²) in [5.41, 5.74) is 1.11. The predicted molar refractivity (Wildman–Crippen MR) is 112 cm³/mol. The van der Waals surface area contributed by atoms with Crippen LogP contribution in [0.2, 0.25) is 0 Å². The minimum absolute atomic E-state index is 0.00891. The van der Waals surface area contributed by atoms with Gasteiger partial charge in [-0.15, -0.1) is 0 Å². The van der Waals surface area contributed by atoms with Crippen molar-refractivity contribution in [3.05, 3.63) is 60.2 Å². The quantitative estimate of drug-likeness (QED) is 0.842. The molecule has 0 bridgehead atoms. The van der Waals surface area contributed by atoms with Crippen molar-refractivity contribution >= 4 is 17.5 Å². The number of piperidine rings is 1. The molecule has 6 nitrogen and oxygen atoms in total. The fraction of sp³-hybridized carbons (Fsp3) is 0.435. The van der Waals surface area contributed by atoms with Gasteiger partial charge in [-0.2, -0.15) is 0 Å². The zero-order chi connectivity index (χ0) is 21.1. The number of pyridine rings is 1. The van der Waals surface area contributed by atoms with E-state index in [1.807, 2.05) is 17.0 Å². The van der Waals surface area contributed by atoms with E-state index >= 15 is 0 Å². The largest absolute Gasteiger partial charge is 0.337 e. The molecule has 0 spiro atoms. The van der Waals surface area contributed by atoms with Crippen LogP contribution in [0.15, 0.2) is 48.7 Å². The number of halogens is 1. The van der Waals surface area contributed by atoms with Crippen LogP contribution in [0.3, 0.4) is 0 Å². The molecule has 0 aliphatic carbocycles. The van der Waals surface area contributed by atoms with Gasteiger partial charge in [0.2, 0.25) is 5.91 Å². The van der Waals surface area contributed by atoms with Crippen LogP contribution in [0.4, 0.5) is 10.1 Å². The lowest BCUT2D eigenvalue weighted by Crippen LogP contribution is -2.43. The van der Waals surface area contributed by atoms with Crippen molar-refractivity contribution in [1.82, 2.24) is 14.8 Å². The van der Waals surface area contributed by atoms with Crippen LogP contribution in [0.1, 0.15) is 29.8 Å². The molecular weight excluding hydrogens is 383 g/mol. The molecule has 0 radical (unpaired) electrons. The van der Waals surface area contributed by atoms with Gasteiger partial charge < -0.3 is 15.1 Å². The highest BCUT2D eigenvalue weighted by Gasteiger charge is 2.39. The lowest BCUT2D eigenvalue weighted by molar-refractivity contribution is -0.119. The predicted octanol–water partition coefficient (Wildman–Crippen LogP) is 3.03. The zero-order valence-electron chi connectivity index (χ0n) is 17.1. The van der Waals surface area contributed by atoms with E-state index in [2.05, 4.69) is 22.2 Å². The fourth-order valence-electron chi connectivity index (χ4n) is 4.69. The van der Waals surface area contributed by atoms with Crippen molar-refractivity contribution in [2.24, 2.45) is 11.8 Å². The van der Waals surface area contributed by atoms with Gasteiger partial charge in [0.1, 0.15) is 11.5 Å². The molecule has 2 aromatic rings. The number of rotatable bonds is 4. The van der Waals surface area contributed by atoms with Crippen LogP contribution in [-0.2, 0) is 4.79 Å². The first-order chi connectivity index (χ1) is 14.5. The summed E-state index contributed by atoms with van der Waals surface area (Å²) >= 11 is 0. The molecule has 2 aliphatic rings. The third-order valence-corrected chi connectivity index (χ3v) is 6.34. The summed E-state index contributed by atoms with van der Waals surface area (Å²) in [6.45, 7) is 2.15. The SMILES string of the molecule is CN1C[C@H](C(=O)Nc2ccc(F)cc2)C[C@@H]1C1CCN(C(=O)c2ccccn2)CC1. The average molecular weight is 410 g/mol. The number of aromatic nitrogens is 1. The Balaban J connectivity index is 1.30. The zero-order valence-corrected chi connectivity index (χ0v) is 17.1. The molecule has 2 fully saturated rings. The lowest BCUT2D eigenvalue weighted by Gasteiger charge is -2.37. The maximum Gasteiger partial charge on any atom is 0.272 e. The molecule has 0 unspecified atom stereocenters. The minimum Gasteiger partial charge on any atom is -0.337 e. The third kappa shape index (κ3) is 4.51. The molecule has 1 N–H and O–H groups in total. The Morgan fingerprint density at radius 1 is 1.10 bits per heavy atom. The molecule has 30 heavy (non-hydrogen) atoms. The third-order valence-electron chi connectivity index (χ3n) is 6.34. The van der Waals surface area contributed by atoms with E-state index in [1.165, 1.54) is 12.1 Å². The van der Waals surface area contributed by atoms with Crippen molar-refractivity contribution in [2.45, 2.75) is 25.3 Å². The van der Waals surface area contributed by atoms with Gasteiger partial charge in [0, 0.05) is 37.6 Å². The second-order valence-corrected chi connectivity index (χ2v) is 8.28. The van der Waals surface area contributed by atoms with E-state index in [0.29, 0.717) is 29.9 Å². The van der Waals surface area contributed by atoms with Crippen LogP contribution in [-0.4, -0.2) is 59.3 Å². The number of carbonyl (C=O) groups excluding carboxylic acids is 2. The summed E-state index contributed by atoms with van der Waals surface area (Å²) in [5.74, 6) is 0.0373. The Bertz CT molecular complexity index is 882. The van der Waals surface area contributed by atoms with Crippen molar-refractivity contribution in [1.29, 1.82) is 0 Å². The van der Waals surface area contributed by atoms with Crippen LogP contribution in [0.5, 0.6) is 0 Å². The van der Waals surface area contributed by atoms with Crippen LogP contribution in [0, 0.1) is 17.7 Å². The number of nitrogens with zero attached hydrogens (tertiary/aromatic N) is 3. The molecule has 3 heterocycles. The molecule has 2 saturated heterocycles. The number of anilines is 1. The van der Waals surface area contributed by atoms with E-state index in [1.54, 1.807) is 24.4 Å². The molecule has 2 atom stereocenters. The number of likely N-dealkylation sites (tertiary alicyclic amines) is 2. The molecule has 2 aliphatic heterocycles. The van der Waals surface area contributed by atoms with Gasteiger partial charge >= 0.3 is 0 Å². The molecule has 7 heteroatoms. The first-order valence-corrected chi connectivity index (χ1v) is 10.5. The van der Waals surface area contributed by atoms with Crippen LogP contribution in [0.25, 0.3) is 0 Å². The maximum atomic E-state index is 13.1.